The van der Waals surface area contributed by atoms with E-state index in [9.17, 15) is 9.59 Å². The highest BCUT2D eigenvalue weighted by atomic mass is 16.5. The molecule has 0 bridgehead atoms. The number of nitrogens with one attached hydrogen (secondary N) is 2. The predicted molar refractivity (Wildman–Crippen MR) is 136 cm³/mol. The molecule has 0 saturated heterocycles. The number of aromatic nitrogens is 2. The van der Waals surface area contributed by atoms with Gasteiger partial charge in [-0.2, -0.15) is 9.78 Å². The van der Waals surface area contributed by atoms with E-state index in [0.717, 1.165) is 19.4 Å². The van der Waals surface area contributed by atoms with Crippen LogP contribution >= 0.6 is 0 Å². The highest BCUT2D eigenvalue weighted by Gasteiger charge is 2.26. The Bertz CT molecular complexity index is 1350. The zero-order chi connectivity index (χ0) is 24.2. The number of nitrogens with zero attached hydrogens (tertiary/aromatic N) is 3. The molecule has 178 valence electrons. The first kappa shape index (κ1) is 22.5. The van der Waals surface area contributed by atoms with Crippen LogP contribution in [0.25, 0.3) is 10.9 Å². The van der Waals surface area contributed by atoms with Gasteiger partial charge in [0.2, 0.25) is 0 Å². The molecule has 0 radical (unpaired) electrons. The van der Waals surface area contributed by atoms with Gasteiger partial charge in [0.1, 0.15) is 0 Å². The number of amides is 2. The zero-order valence-corrected chi connectivity index (χ0v) is 19.5. The van der Waals surface area contributed by atoms with Crippen LogP contribution in [0, 0.1) is 0 Å². The molecule has 2 amide bonds. The van der Waals surface area contributed by atoms with Gasteiger partial charge in [0, 0.05) is 30.2 Å². The number of para-hydroxylation sites is 1. The topological polar surface area (TPSA) is 88.5 Å². The average molecular weight is 470 g/mol. The molecule has 1 aliphatic heterocycles. The lowest BCUT2D eigenvalue weighted by Gasteiger charge is -2.39. The van der Waals surface area contributed by atoms with Crippen molar-refractivity contribution in [3.8, 4) is 0 Å². The van der Waals surface area contributed by atoms with E-state index in [1.54, 1.807) is 24.4 Å². The van der Waals surface area contributed by atoms with Crippen molar-refractivity contribution in [3.05, 3.63) is 90.1 Å². The quantitative estimate of drug-likeness (QED) is 0.439. The summed E-state index contributed by atoms with van der Waals surface area (Å²) in [6.45, 7) is 1.28. The van der Waals surface area contributed by atoms with Gasteiger partial charge in [0.25, 0.3) is 0 Å². The molecule has 2 heterocycles. The summed E-state index contributed by atoms with van der Waals surface area (Å²) in [4.78, 5) is 27.2. The molecule has 0 spiro atoms. The second-order valence-electron chi connectivity index (χ2n) is 8.53. The van der Waals surface area contributed by atoms with Crippen LogP contribution < -0.4 is 15.5 Å². The van der Waals surface area contributed by atoms with Crippen LogP contribution in [0.4, 0.5) is 21.0 Å². The third-order valence-corrected chi connectivity index (χ3v) is 6.39. The summed E-state index contributed by atoms with van der Waals surface area (Å²) in [5.41, 5.74) is 4.92. The zero-order valence-electron chi connectivity index (χ0n) is 19.5. The van der Waals surface area contributed by atoms with Crippen LogP contribution in [0.15, 0.2) is 79.0 Å². The minimum Gasteiger partial charge on any atom is -0.451 e. The maximum absolute atomic E-state index is 12.8. The number of hydrogen-bond donors (Lipinski definition) is 2. The molecule has 1 aromatic heterocycles. The molecule has 0 fully saturated rings. The van der Waals surface area contributed by atoms with E-state index in [0.29, 0.717) is 23.1 Å². The number of methoxy groups -OCH3 is 1. The Hall–Kier alpha value is -4.33. The van der Waals surface area contributed by atoms with Crippen molar-refractivity contribution in [2.24, 2.45) is 0 Å². The number of rotatable bonds is 5. The number of anilines is 2. The smallest absolute Gasteiger partial charge is 0.434 e. The molecular weight excluding hydrogens is 442 g/mol. The molecule has 0 aliphatic carbocycles. The molecule has 1 unspecified atom stereocenters. The molecule has 1 aliphatic rings. The van der Waals surface area contributed by atoms with E-state index < -0.39 is 6.09 Å². The van der Waals surface area contributed by atoms with Gasteiger partial charge < -0.3 is 20.3 Å². The second-order valence-corrected chi connectivity index (χ2v) is 8.53. The fraction of sp³-hybridized carbons (Fsp3) is 0.222. The number of carbonyl (C=O) groups is 2. The SMILES string of the molecule is COC(=O)n1ncc2c(NC(=O)NCC3CCc4ccccc4N3Cc3ccccc3)cccc21. The third kappa shape index (κ3) is 4.68. The first-order valence-corrected chi connectivity index (χ1v) is 11.6. The van der Waals surface area contributed by atoms with Crippen molar-refractivity contribution < 1.29 is 14.3 Å². The van der Waals surface area contributed by atoms with Crippen LogP contribution in [0.5, 0.6) is 0 Å². The lowest BCUT2D eigenvalue weighted by atomic mass is 9.95. The summed E-state index contributed by atoms with van der Waals surface area (Å²) in [6, 6.07) is 24.0. The number of benzene rings is 3. The Morgan fingerprint density at radius 3 is 2.66 bits per heavy atom. The second kappa shape index (κ2) is 9.89. The Balaban J connectivity index is 1.30. The standard InChI is InChI=1S/C27H27N5O3/c1-35-27(34)32-25-13-7-11-23(22(25)17-29-32)30-26(33)28-16-21-15-14-20-10-5-6-12-24(20)31(21)18-19-8-3-2-4-9-19/h2-13,17,21H,14-16,18H2,1H3,(H2,28,30,33). The van der Waals surface area contributed by atoms with Crippen molar-refractivity contribution >= 4 is 34.4 Å². The minimum absolute atomic E-state index is 0.161. The monoisotopic (exact) mass is 469 g/mol. The lowest BCUT2D eigenvalue weighted by molar-refractivity contribution is 0.170. The molecule has 3 aromatic carbocycles. The van der Waals surface area contributed by atoms with Gasteiger partial charge in [-0.25, -0.2) is 9.59 Å². The molecule has 1 atom stereocenters. The van der Waals surface area contributed by atoms with Gasteiger partial charge >= 0.3 is 12.1 Å². The van der Waals surface area contributed by atoms with Crippen molar-refractivity contribution in [3.63, 3.8) is 0 Å². The van der Waals surface area contributed by atoms with E-state index in [1.807, 2.05) is 6.07 Å². The number of urea groups is 1. The largest absolute Gasteiger partial charge is 0.451 e. The maximum atomic E-state index is 12.8. The molecular formula is C27H27N5O3. The normalized spacial score (nSPS) is 14.9. The Labute approximate surface area is 203 Å². The van der Waals surface area contributed by atoms with Gasteiger partial charge in [-0.15, -0.1) is 0 Å². The van der Waals surface area contributed by atoms with E-state index in [4.69, 9.17) is 4.74 Å². The third-order valence-electron chi connectivity index (χ3n) is 6.39. The fourth-order valence-electron chi connectivity index (χ4n) is 4.65. The lowest BCUT2D eigenvalue weighted by Crippen LogP contribution is -2.47. The number of aryl methyl sites for hydroxylation is 1. The van der Waals surface area contributed by atoms with E-state index >= 15 is 0 Å². The molecule has 8 heteroatoms. The molecule has 2 N–H and O–H groups in total. The van der Waals surface area contributed by atoms with E-state index in [-0.39, 0.29) is 12.1 Å². The van der Waals surface area contributed by atoms with Gasteiger partial charge in [-0.3, -0.25) is 0 Å². The van der Waals surface area contributed by atoms with Crippen molar-refractivity contribution in [1.82, 2.24) is 15.1 Å². The highest BCUT2D eigenvalue weighted by Crippen LogP contribution is 2.32. The first-order chi connectivity index (χ1) is 17.1. The van der Waals surface area contributed by atoms with Crippen molar-refractivity contribution in [2.45, 2.75) is 25.4 Å². The number of fused-ring (bicyclic) bond motifs is 2. The summed E-state index contributed by atoms with van der Waals surface area (Å²) in [6.07, 6.45) is 2.88. The summed E-state index contributed by atoms with van der Waals surface area (Å²) >= 11 is 0. The molecule has 0 saturated carbocycles. The Morgan fingerprint density at radius 1 is 1.03 bits per heavy atom. The van der Waals surface area contributed by atoms with Crippen LogP contribution in [0.3, 0.4) is 0 Å². The van der Waals surface area contributed by atoms with Gasteiger partial charge in [0.05, 0.1) is 24.5 Å². The average Bonchev–Trinajstić information content (AvgIpc) is 3.34. The summed E-state index contributed by atoms with van der Waals surface area (Å²) in [7, 11) is 1.30. The van der Waals surface area contributed by atoms with Gasteiger partial charge in [-0.05, 0) is 42.2 Å². The summed E-state index contributed by atoms with van der Waals surface area (Å²) < 4.78 is 5.93. The van der Waals surface area contributed by atoms with Crippen molar-refractivity contribution in [2.75, 3.05) is 23.9 Å². The first-order valence-electron chi connectivity index (χ1n) is 11.6. The summed E-state index contributed by atoms with van der Waals surface area (Å²) in [5.74, 6) is 0. The molecule has 4 aromatic rings. The maximum Gasteiger partial charge on any atom is 0.434 e. The fourth-order valence-corrected chi connectivity index (χ4v) is 4.65. The van der Waals surface area contributed by atoms with Gasteiger partial charge in [0.15, 0.2) is 0 Å². The van der Waals surface area contributed by atoms with Crippen LogP contribution in [-0.4, -0.2) is 41.6 Å². The number of hydrogen-bond acceptors (Lipinski definition) is 5. The van der Waals surface area contributed by atoms with Crippen LogP contribution in [-0.2, 0) is 17.7 Å². The minimum atomic E-state index is -0.585. The number of carbonyl (C=O) groups excluding carboxylic acids is 2. The van der Waals surface area contributed by atoms with Crippen LogP contribution in [0.1, 0.15) is 17.5 Å². The Kier molecular flexibility index (Phi) is 6.34. The predicted octanol–water partition coefficient (Wildman–Crippen LogP) is 4.79. The summed E-state index contributed by atoms with van der Waals surface area (Å²) in [5, 5.41) is 10.7. The van der Waals surface area contributed by atoms with Crippen LogP contribution in [0.2, 0.25) is 0 Å². The molecule has 35 heavy (non-hydrogen) atoms. The van der Waals surface area contributed by atoms with Gasteiger partial charge in [-0.1, -0.05) is 54.6 Å². The number of ether oxygens (including phenoxy) is 1. The van der Waals surface area contributed by atoms with Crippen molar-refractivity contribution in [1.29, 1.82) is 0 Å². The Morgan fingerprint density at radius 2 is 1.83 bits per heavy atom. The molecule has 8 nitrogen and oxygen atoms in total. The highest BCUT2D eigenvalue weighted by molar-refractivity contribution is 6.02. The van der Waals surface area contributed by atoms with E-state index in [1.165, 1.54) is 28.6 Å². The molecule has 5 rings (SSSR count). The van der Waals surface area contributed by atoms with E-state index in [2.05, 4.69) is 69.2 Å².